The maximum Gasteiger partial charge on any atom is 0.410 e. The molecule has 0 aromatic heterocycles. The molecule has 0 spiro atoms. The number of hydrogen-bond donors (Lipinski definition) is 1. The van der Waals surface area contributed by atoms with Gasteiger partial charge in [0.05, 0.1) is 6.04 Å². The van der Waals surface area contributed by atoms with Crippen LogP contribution in [0.3, 0.4) is 0 Å². The van der Waals surface area contributed by atoms with Gasteiger partial charge in [-0.15, -0.1) is 4.72 Å². The van der Waals surface area contributed by atoms with Gasteiger partial charge in [0.25, 0.3) is 0 Å². The summed E-state index contributed by atoms with van der Waals surface area (Å²) in [5, 5.41) is 0.680. The van der Waals surface area contributed by atoms with Crippen LogP contribution in [0, 0.1) is 5.92 Å². The summed E-state index contributed by atoms with van der Waals surface area (Å²) in [4.78, 5) is 14.1. The van der Waals surface area contributed by atoms with Crippen LogP contribution in [0.15, 0.2) is 24.3 Å². The van der Waals surface area contributed by atoms with E-state index in [2.05, 4.69) is 4.72 Å². The molecule has 2 atom stereocenters. The third-order valence-electron chi connectivity index (χ3n) is 4.68. The number of halogens is 1. The molecule has 0 bridgehead atoms. The number of amides is 1. The molecular weight excluding hydrogens is 396 g/mol. The number of nitrogens with one attached hydrogen (secondary N) is 1. The number of carbonyl (C=O) groups excluding carboxylic acids is 1. The molecule has 158 valence electrons. The highest BCUT2D eigenvalue weighted by molar-refractivity contribution is 7.90. The number of piperidine rings is 1. The number of rotatable bonds is 4. The highest BCUT2D eigenvalue weighted by Crippen LogP contribution is 2.34. The van der Waals surface area contributed by atoms with Crippen molar-refractivity contribution in [2.45, 2.75) is 70.8 Å². The molecule has 0 aliphatic carbocycles. The van der Waals surface area contributed by atoms with E-state index < -0.39 is 17.0 Å². The zero-order valence-electron chi connectivity index (χ0n) is 17.8. The molecule has 0 unspecified atom stereocenters. The lowest BCUT2D eigenvalue weighted by atomic mass is 9.86. The van der Waals surface area contributed by atoms with Gasteiger partial charge in [-0.05, 0) is 78.0 Å². The lowest BCUT2D eigenvalue weighted by Crippen LogP contribution is -2.47. The highest BCUT2D eigenvalue weighted by Gasteiger charge is 2.36. The Morgan fingerprint density at radius 2 is 1.71 bits per heavy atom. The third kappa shape index (κ3) is 6.83. The summed E-state index contributed by atoms with van der Waals surface area (Å²) < 4.78 is 21.2. The van der Waals surface area contributed by atoms with Crippen molar-refractivity contribution < 1.29 is 14.1 Å². The largest absolute Gasteiger partial charge is 0.598 e. The zero-order chi connectivity index (χ0) is 21.1. The van der Waals surface area contributed by atoms with Crippen LogP contribution in [0.25, 0.3) is 0 Å². The Morgan fingerprint density at radius 1 is 1.18 bits per heavy atom. The molecule has 1 saturated heterocycles. The molecule has 2 rings (SSSR count). The molecule has 0 saturated carbocycles. The molecule has 1 amide bonds. The smallest absolute Gasteiger partial charge is 0.410 e. The van der Waals surface area contributed by atoms with Crippen molar-refractivity contribution >= 4 is 29.1 Å². The molecule has 1 N–H and O–H groups in total. The molecule has 7 heteroatoms. The molecule has 0 radical (unpaired) electrons. The van der Waals surface area contributed by atoms with E-state index in [-0.39, 0.29) is 22.8 Å². The van der Waals surface area contributed by atoms with E-state index >= 15 is 0 Å². The summed E-state index contributed by atoms with van der Waals surface area (Å²) in [5.41, 5.74) is 0.572. The maximum atomic E-state index is 12.8. The van der Waals surface area contributed by atoms with Crippen molar-refractivity contribution in [1.29, 1.82) is 0 Å². The van der Waals surface area contributed by atoms with Crippen LogP contribution < -0.4 is 4.72 Å². The molecule has 1 aliphatic rings. The average molecular weight is 429 g/mol. The van der Waals surface area contributed by atoms with E-state index in [4.69, 9.17) is 16.3 Å². The quantitative estimate of drug-likeness (QED) is 0.679. The molecular formula is C21H33ClN2O3S. The van der Waals surface area contributed by atoms with Gasteiger partial charge in [0.1, 0.15) is 10.3 Å². The van der Waals surface area contributed by atoms with Gasteiger partial charge < -0.3 is 14.2 Å². The maximum absolute atomic E-state index is 12.8. The number of hydrogen-bond acceptors (Lipinski definition) is 4. The van der Waals surface area contributed by atoms with E-state index in [9.17, 15) is 9.35 Å². The Bertz CT molecular complexity index is 647. The van der Waals surface area contributed by atoms with E-state index in [1.807, 2.05) is 65.8 Å². The fourth-order valence-corrected chi connectivity index (χ4v) is 4.18. The van der Waals surface area contributed by atoms with Crippen molar-refractivity contribution in [2.24, 2.45) is 5.92 Å². The second-order valence-corrected chi connectivity index (χ2v) is 11.8. The summed E-state index contributed by atoms with van der Waals surface area (Å²) in [7, 11) is 0. The first-order valence-corrected chi connectivity index (χ1v) is 11.3. The van der Waals surface area contributed by atoms with Crippen LogP contribution in [-0.4, -0.2) is 39.0 Å². The SMILES string of the molecule is CC(C)(C)OC(=O)N1CCC([C@H](N[S@+]([O-])C(C)(C)C)c2ccc(Cl)cc2)CC1. The van der Waals surface area contributed by atoms with Gasteiger partial charge in [-0.25, -0.2) is 4.79 Å². The molecule has 5 nitrogen and oxygen atoms in total. The Kier molecular flexibility index (Phi) is 7.70. The minimum atomic E-state index is -1.19. The van der Waals surface area contributed by atoms with Crippen molar-refractivity contribution in [3.63, 3.8) is 0 Å². The van der Waals surface area contributed by atoms with Crippen molar-refractivity contribution in [3.05, 3.63) is 34.9 Å². The Hall–Kier alpha value is -0.950. The molecule has 1 heterocycles. The first-order chi connectivity index (χ1) is 12.9. The average Bonchev–Trinajstić information content (AvgIpc) is 2.58. The first kappa shape index (κ1) is 23.3. The highest BCUT2D eigenvalue weighted by atomic mass is 35.5. The lowest BCUT2D eigenvalue weighted by molar-refractivity contribution is 0.0172. The molecule has 28 heavy (non-hydrogen) atoms. The van der Waals surface area contributed by atoms with Crippen molar-refractivity contribution in [2.75, 3.05) is 13.1 Å². The van der Waals surface area contributed by atoms with Crippen molar-refractivity contribution in [1.82, 2.24) is 9.62 Å². The minimum Gasteiger partial charge on any atom is -0.598 e. The second-order valence-electron chi connectivity index (χ2n) is 9.33. The van der Waals surface area contributed by atoms with E-state index in [1.165, 1.54) is 0 Å². The third-order valence-corrected chi connectivity index (χ3v) is 6.51. The van der Waals surface area contributed by atoms with Crippen LogP contribution in [0.2, 0.25) is 5.02 Å². The number of nitrogens with zero attached hydrogens (tertiary/aromatic N) is 1. The normalized spacial score (nSPS) is 18.6. The minimum absolute atomic E-state index is 0.0573. The summed E-state index contributed by atoms with van der Waals surface area (Å²) >= 11 is 4.85. The number of benzene rings is 1. The van der Waals surface area contributed by atoms with E-state index in [0.717, 1.165) is 18.4 Å². The number of ether oxygens (including phenoxy) is 1. The Balaban J connectivity index is 2.10. The summed E-state index contributed by atoms with van der Waals surface area (Å²) in [6.45, 7) is 12.8. The molecule has 1 fully saturated rings. The monoisotopic (exact) mass is 428 g/mol. The van der Waals surface area contributed by atoms with Gasteiger partial charge in [-0.1, -0.05) is 23.7 Å². The van der Waals surface area contributed by atoms with E-state index in [0.29, 0.717) is 18.1 Å². The van der Waals surface area contributed by atoms with Gasteiger partial charge in [-0.2, -0.15) is 0 Å². The Morgan fingerprint density at radius 3 is 2.18 bits per heavy atom. The van der Waals surface area contributed by atoms with Crippen LogP contribution in [-0.2, 0) is 16.1 Å². The molecule has 1 aliphatic heterocycles. The van der Waals surface area contributed by atoms with Crippen LogP contribution in [0.4, 0.5) is 4.79 Å². The Labute approximate surface area is 177 Å². The van der Waals surface area contributed by atoms with E-state index in [1.54, 1.807) is 4.90 Å². The summed E-state index contributed by atoms with van der Waals surface area (Å²) in [5.74, 6) is 0.270. The van der Waals surface area contributed by atoms with Gasteiger partial charge in [0.2, 0.25) is 0 Å². The predicted molar refractivity (Wildman–Crippen MR) is 116 cm³/mol. The summed E-state index contributed by atoms with van der Waals surface area (Å²) in [6, 6.07) is 7.64. The van der Waals surface area contributed by atoms with Crippen LogP contribution in [0.1, 0.15) is 66.0 Å². The van der Waals surface area contributed by atoms with Crippen molar-refractivity contribution in [3.8, 4) is 0 Å². The van der Waals surface area contributed by atoms with Gasteiger partial charge in [0, 0.05) is 29.5 Å². The standard InChI is InChI=1S/C21H33ClN2O3S/c1-20(2,3)27-19(25)24-13-11-16(12-14-24)18(23-28(26)21(4,5)6)15-7-9-17(22)10-8-15/h7-10,16,18,23H,11-14H2,1-6H3/t18-,28-/m1/s1. The molecule has 1 aromatic rings. The van der Waals surface area contributed by atoms with Gasteiger partial charge in [0.15, 0.2) is 0 Å². The topological polar surface area (TPSA) is 64.6 Å². The number of carbonyl (C=O) groups is 1. The second kappa shape index (κ2) is 9.24. The van der Waals surface area contributed by atoms with Gasteiger partial charge >= 0.3 is 6.09 Å². The zero-order valence-corrected chi connectivity index (χ0v) is 19.3. The fraction of sp³-hybridized carbons (Fsp3) is 0.667. The molecule has 1 aromatic carbocycles. The predicted octanol–water partition coefficient (Wildman–Crippen LogP) is 5.08. The van der Waals surface area contributed by atoms with Crippen LogP contribution >= 0.6 is 11.6 Å². The first-order valence-electron chi connectivity index (χ1n) is 9.78. The van der Waals surface area contributed by atoms with Gasteiger partial charge in [-0.3, -0.25) is 0 Å². The number of likely N-dealkylation sites (tertiary alicyclic amines) is 1. The summed E-state index contributed by atoms with van der Waals surface area (Å²) in [6.07, 6.45) is 1.38. The van der Waals surface area contributed by atoms with Crippen LogP contribution in [0.5, 0.6) is 0 Å². The lowest BCUT2D eigenvalue weighted by Gasteiger charge is -2.38. The fourth-order valence-electron chi connectivity index (χ4n) is 3.14.